The second-order valence-corrected chi connectivity index (χ2v) is 10.9. The van der Waals surface area contributed by atoms with E-state index < -0.39 is 11.8 Å². The van der Waals surface area contributed by atoms with Crippen LogP contribution in [-0.4, -0.2) is 24.0 Å². The van der Waals surface area contributed by atoms with Crippen molar-refractivity contribution in [2.24, 2.45) is 0 Å². The summed E-state index contributed by atoms with van der Waals surface area (Å²) in [6.45, 7) is 0.329. The lowest BCUT2D eigenvalue weighted by molar-refractivity contribution is -0.120. The standard InChI is InChI=1S/C31H22Br2N2O4S/c1-38-27-18-21(17-26(33)28(27)39-19-20-12-14-22(32)15-13-20)16-25-29(36)34(23-8-4-2-5-9-23)31(40)35(30(25)37)24-10-6-3-7-11-24/h2-18H,19H2,1H3. The summed E-state index contributed by atoms with van der Waals surface area (Å²) in [7, 11) is 1.54. The topological polar surface area (TPSA) is 59.1 Å². The van der Waals surface area contributed by atoms with Crippen LogP contribution in [0.5, 0.6) is 11.5 Å². The zero-order valence-electron chi connectivity index (χ0n) is 21.2. The molecule has 4 aromatic carbocycles. The molecule has 0 saturated carbocycles. The highest BCUT2D eigenvalue weighted by Crippen LogP contribution is 2.38. The molecule has 5 rings (SSSR count). The first-order valence-electron chi connectivity index (χ1n) is 12.2. The largest absolute Gasteiger partial charge is 0.493 e. The fourth-order valence-corrected chi connectivity index (χ4v) is 5.42. The Kier molecular flexibility index (Phi) is 8.44. The Morgan fingerprint density at radius 1 is 0.800 bits per heavy atom. The van der Waals surface area contributed by atoms with E-state index in [1.54, 1.807) is 42.5 Å². The molecule has 0 spiro atoms. The summed E-state index contributed by atoms with van der Waals surface area (Å²) in [5, 5.41) is 0.0833. The monoisotopic (exact) mass is 676 g/mol. The number of benzene rings is 4. The van der Waals surface area contributed by atoms with Gasteiger partial charge in [-0.1, -0.05) is 64.5 Å². The molecular weight excluding hydrogens is 656 g/mol. The molecule has 6 nitrogen and oxygen atoms in total. The van der Waals surface area contributed by atoms with Crippen LogP contribution in [0.4, 0.5) is 11.4 Å². The average Bonchev–Trinajstić information content (AvgIpc) is 2.96. The van der Waals surface area contributed by atoms with Gasteiger partial charge in [0.2, 0.25) is 0 Å². The number of para-hydroxylation sites is 2. The quantitative estimate of drug-likeness (QED) is 0.115. The van der Waals surface area contributed by atoms with Gasteiger partial charge >= 0.3 is 0 Å². The zero-order valence-corrected chi connectivity index (χ0v) is 25.2. The number of carbonyl (C=O) groups is 2. The lowest BCUT2D eigenvalue weighted by Gasteiger charge is -2.36. The molecule has 200 valence electrons. The van der Waals surface area contributed by atoms with E-state index >= 15 is 0 Å². The van der Waals surface area contributed by atoms with Gasteiger partial charge in [-0.15, -0.1) is 0 Å². The minimum absolute atomic E-state index is 0.0428. The smallest absolute Gasteiger partial charge is 0.270 e. The summed E-state index contributed by atoms with van der Waals surface area (Å²) in [6, 6.07) is 29.4. The van der Waals surface area contributed by atoms with Gasteiger partial charge in [0.15, 0.2) is 16.6 Å². The Labute approximate surface area is 254 Å². The van der Waals surface area contributed by atoms with Crippen LogP contribution in [0.15, 0.2) is 112 Å². The van der Waals surface area contributed by atoms with Gasteiger partial charge in [0, 0.05) is 4.47 Å². The predicted molar refractivity (Wildman–Crippen MR) is 168 cm³/mol. The number of nitrogens with zero attached hydrogens (tertiary/aromatic N) is 2. The highest BCUT2D eigenvalue weighted by atomic mass is 79.9. The number of halogens is 2. The molecule has 0 unspecified atom stereocenters. The normalized spacial score (nSPS) is 13.5. The number of ether oxygens (including phenoxy) is 2. The summed E-state index contributed by atoms with van der Waals surface area (Å²) in [6.07, 6.45) is 1.55. The average molecular weight is 678 g/mol. The lowest BCUT2D eigenvalue weighted by atomic mass is 10.0. The molecule has 0 radical (unpaired) electrons. The van der Waals surface area contributed by atoms with Crippen molar-refractivity contribution in [3.05, 3.63) is 123 Å². The van der Waals surface area contributed by atoms with Crippen LogP contribution in [-0.2, 0) is 16.2 Å². The van der Waals surface area contributed by atoms with Crippen LogP contribution in [0.25, 0.3) is 6.08 Å². The first kappa shape index (κ1) is 27.8. The SMILES string of the molecule is COc1cc(C=C2C(=O)N(c3ccccc3)C(=S)N(c3ccccc3)C2=O)cc(Br)c1OCc1ccc(Br)cc1. The third-order valence-electron chi connectivity index (χ3n) is 6.14. The Hall–Kier alpha value is -3.79. The van der Waals surface area contributed by atoms with Crippen molar-refractivity contribution >= 4 is 78.5 Å². The molecule has 0 bridgehead atoms. The van der Waals surface area contributed by atoms with Crippen molar-refractivity contribution in [2.45, 2.75) is 6.61 Å². The molecule has 1 fully saturated rings. The second kappa shape index (κ2) is 12.2. The molecule has 1 aliphatic rings. The summed E-state index contributed by atoms with van der Waals surface area (Å²) >= 11 is 12.7. The lowest BCUT2D eigenvalue weighted by Crippen LogP contribution is -2.56. The molecule has 0 atom stereocenters. The Balaban J connectivity index is 1.53. The van der Waals surface area contributed by atoms with E-state index in [0.717, 1.165) is 10.0 Å². The van der Waals surface area contributed by atoms with Crippen molar-refractivity contribution < 1.29 is 19.1 Å². The van der Waals surface area contributed by atoms with E-state index in [1.807, 2.05) is 60.7 Å². The highest BCUT2D eigenvalue weighted by Gasteiger charge is 2.41. The van der Waals surface area contributed by atoms with Gasteiger partial charge in [-0.25, -0.2) is 0 Å². The van der Waals surface area contributed by atoms with Crippen molar-refractivity contribution in [2.75, 3.05) is 16.9 Å². The Morgan fingerprint density at radius 3 is 1.88 bits per heavy atom. The maximum atomic E-state index is 13.8. The van der Waals surface area contributed by atoms with E-state index in [0.29, 0.717) is 39.5 Å². The second-order valence-electron chi connectivity index (χ2n) is 8.74. The summed E-state index contributed by atoms with van der Waals surface area (Å²) in [5.41, 5.74) is 2.64. The van der Waals surface area contributed by atoms with Gasteiger partial charge < -0.3 is 9.47 Å². The van der Waals surface area contributed by atoms with Crippen molar-refractivity contribution in [1.29, 1.82) is 0 Å². The molecule has 9 heteroatoms. The Bertz CT molecular complexity index is 1550. The highest BCUT2D eigenvalue weighted by molar-refractivity contribution is 9.10. The van der Waals surface area contributed by atoms with Gasteiger partial charge in [0.1, 0.15) is 12.2 Å². The maximum Gasteiger partial charge on any atom is 0.270 e. The van der Waals surface area contributed by atoms with Crippen molar-refractivity contribution in [3.8, 4) is 11.5 Å². The molecule has 4 aromatic rings. The van der Waals surface area contributed by atoms with Gasteiger partial charge in [-0.3, -0.25) is 19.4 Å². The molecule has 2 amide bonds. The minimum Gasteiger partial charge on any atom is -0.493 e. The van der Waals surface area contributed by atoms with Crippen molar-refractivity contribution in [3.63, 3.8) is 0 Å². The molecule has 1 saturated heterocycles. The molecule has 1 heterocycles. The number of anilines is 2. The molecule has 0 aliphatic carbocycles. The van der Waals surface area contributed by atoms with Gasteiger partial charge in [-0.2, -0.15) is 0 Å². The van der Waals surface area contributed by atoms with Crippen molar-refractivity contribution in [1.82, 2.24) is 0 Å². The van der Waals surface area contributed by atoms with Gasteiger partial charge in [0.05, 0.1) is 23.0 Å². The summed E-state index contributed by atoms with van der Waals surface area (Å²) in [5.74, 6) is -0.0747. The Morgan fingerprint density at radius 2 is 1.35 bits per heavy atom. The number of amides is 2. The van der Waals surface area contributed by atoms with Crippen LogP contribution < -0.4 is 19.3 Å². The predicted octanol–water partition coefficient (Wildman–Crippen LogP) is 7.55. The number of carbonyl (C=O) groups excluding carboxylic acids is 2. The van der Waals surface area contributed by atoms with Crippen LogP contribution >= 0.6 is 44.1 Å². The molecule has 0 aromatic heterocycles. The number of methoxy groups -OCH3 is 1. The summed E-state index contributed by atoms with van der Waals surface area (Å²) in [4.78, 5) is 30.3. The van der Waals surface area contributed by atoms with Gasteiger partial charge in [-0.05, 0) is 93.9 Å². The minimum atomic E-state index is -0.515. The fraction of sp³-hybridized carbons (Fsp3) is 0.0645. The maximum absolute atomic E-state index is 13.8. The number of hydrogen-bond acceptors (Lipinski definition) is 5. The van der Waals surface area contributed by atoms with E-state index in [1.165, 1.54) is 16.9 Å². The molecular formula is C31H22Br2N2O4S. The third kappa shape index (κ3) is 5.72. The van der Waals surface area contributed by atoms with E-state index in [4.69, 9.17) is 21.7 Å². The third-order valence-corrected chi connectivity index (χ3v) is 7.62. The number of thiocarbonyl (C=S) groups is 1. The van der Waals surface area contributed by atoms with E-state index in [-0.39, 0.29) is 10.7 Å². The van der Waals surface area contributed by atoms with E-state index in [2.05, 4.69) is 31.9 Å². The molecule has 1 aliphatic heterocycles. The van der Waals surface area contributed by atoms with Crippen LogP contribution in [0.2, 0.25) is 0 Å². The zero-order chi connectivity index (χ0) is 28.2. The first-order valence-corrected chi connectivity index (χ1v) is 14.2. The van der Waals surface area contributed by atoms with Crippen LogP contribution in [0.3, 0.4) is 0 Å². The number of rotatable bonds is 7. The summed E-state index contributed by atoms with van der Waals surface area (Å²) < 4.78 is 13.3. The first-order chi connectivity index (χ1) is 19.4. The van der Waals surface area contributed by atoms with Gasteiger partial charge in [0.25, 0.3) is 11.8 Å². The fourth-order valence-electron chi connectivity index (χ4n) is 4.21. The van der Waals surface area contributed by atoms with Crippen LogP contribution in [0.1, 0.15) is 11.1 Å². The van der Waals surface area contributed by atoms with E-state index in [9.17, 15) is 9.59 Å². The molecule has 0 N–H and O–H groups in total. The number of hydrogen-bond donors (Lipinski definition) is 0. The molecule has 40 heavy (non-hydrogen) atoms. The van der Waals surface area contributed by atoms with Crippen LogP contribution in [0, 0.1) is 0 Å².